The molecule has 18 heavy (non-hydrogen) atoms. The average molecular weight is 268 g/mol. The molecule has 3 N–H and O–H groups in total. The maximum absolute atomic E-state index is 13.8. The lowest BCUT2D eigenvalue weighted by Gasteiger charge is -2.36. The molecule has 1 aromatic carbocycles. The van der Waals surface area contributed by atoms with Gasteiger partial charge in [-0.25, -0.2) is 4.39 Å². The highest BCUT2D eigenvalue weighted by molar-refractivity contribution is 7.80. The van der Waals surface area contributed by atoms with E-state index in [0.29, 0.717) is 0 Å². The zero-order valence-electron chi connectivity index (χ0n) is 10.1. The summed E-state index contributed by atoms with van der Waals surface area (Å²) < 4.78 is 13.8. The predicted molar refractivity (Wildman–Crippen MR) is 74.4 cm³/mol. The highest BCUT2D eigenvalue weighted by atomic mass is 32.1. The van der Waals surface area contributed by atoms with E-state index in [2.05, 4.69) is 4.90 Å². The van der Waals surface area contributed by atoms with Crippen LogP contribution in [-0.2, 0) is 0 Å². The summed E-state index contributed by atoms with van der Waals surface area (Å²) in [4.78, 5) is 2.12. The molecule has 1 saturated heterocycles. The third-order valence-electron chi connectivity index (χ3n) is 3.39. The number of rotatable bonds is 3. The van der Waals surface area contributed by atoms with Gasteiger partial charge in [0.1, 0.15) is 10.8 Å². The molecule has 0 saturated carbocycles. The SMILES string of the molecule is NC(=S)c1ccc(N2CCCCC2CO)cc1F. The van der Waals surface area contributed by atoms with Gasteiger partial charge in [0.15, 0.2) is 0 Å². The van der Waals surface area contributed by atoms with Gasteiger partial charge in [-0.2, -0.15) is 0 Å². The molecule has 0 aromatic heterocycles. The van der Waals surface area contributed by atoms with E-state index in [9.17, 15) is 9.50 Å². The monoisotopic (exact) mass is 268 g/mol. The largest absolute Gasteiger partial charge is 0.394 e. The van der Waals surface area contributed by atoms with Crippen LogP contribution in [0.1, 0.15) is 24.8 Å². The summed E-state index contributed by atoms with van der Waals surface area (Å²) in [5.74, 6) is -0.401. The number of hydrogen-bond donors (Lipinski definition) is 2. The van der Waals surface area contributed by atoms with Crippen molar-refractivity contribution < 1.29 is 9.50 Å². The van der Waals surface area contributed by atoms with Gasteiger partial charge in [-0.3, -0.25) is 0 Å². The van der Waals surface area contributed by atoms with E-state index in [0.717, 1.165) is 31.5 Å². The molecule has 1 aliphatic rings. The highest BCUT2D eigenvalue weighted by Crippen LogP contribution is 2.26. The molecule has 0 aliphatic carbocycles. The van der Waals surface area contributed by atoms with Crippen molar-refractivity contribution in [3.8, 4) is 0 Å². The summed E-state index contributed by atoms with van der Waals surface area (Å²) >= 11 is 4.78. The molecule has 1 aliphatic heterocycles. The lowest BCUT2D eigenvalue weighted by Crippen LogP contribution is -2.42. The Morgan fingerprint density at radius 2 is 2.28 bits per heavy atom. The summed E-state index contributed by atoms with van der Waals surface area (Å²) in [6, 6.07) is 4.94. The van der Waals surface area contributed by atoms with Crippen molar-refractivity contribution in [1.29, 1.82) is 0 Å². The van der Waals surface area contributed by atoms with Crippen molar-refractivity contribution in [3.05, 3.63) is 29.6 Å². The number of piperidine rings is 1. The van der Waals surface area contributed by atoms with Gasteiger partial charge in [-0.05, 0) is 37.5 Å². The van der Waals surface area contributed by atoms with Crippen molar-refractivity contribution in [3.63, 3.8) is 0 Å². The fourth-order valence-corrected chi connectivity index (χ4v) is 2.58. The Hall–Kier alpha value is -1.20. The summed E-state index contributed by atoms with van der Waals surface area (Å²) in [6.07, 6.45) is 3.11. The van der Waals surface area contributed by atoms with E-state index in [4.69, 9.17) is 18.0 Å². The normalized spacial score (nSPS) is 19.9. The molecule has 2 rings (SSSR count). The van der Waals surface area contributed by atoms with Gasteiger partial charge in [0.05, 0.1) is 12.6 Å². The molecule has 0 radical (unpaired) electrons. The van der Waals surface area contributed by atoms with Gasteiger partial charge in [0.2, 0.25) is 0 Å². The Kier molecular flexibility index (Phi) is 4.14. The molecular formula is C13H17FN2OS. The van der Waals surface area contributed by atoms with Crippen LogP contribution in [0.4, 0.5) is 10.1 Å². The summed E-state index contributed by atoms with van der Waals surface area (Å²) in [5.41, 5.74) is 6.49. The standard InChI is InChI=1S/C13H17FN2OS/c14-12-7-9(4-5-11(12)13(15)18)16-6-2-1-3-10(16)8-17/h4-5,7,10,17H,1-3,6,8H2,(H2,15,18). The Morgan fingerprint density at radius 1 is 1.50 bits per heavy atom. The molecular weight excluding hydrogens is 251 g/mol. The maximum Gasteiger partial charge on any atom is 0.135 e. The number of nitrogens with two attached hydrogens (primary N) is 1. The molecule has 0 spiro atoms. The molecule has 1 fully saturated rings. The number of aliphatic hydroxyl groups excluding tert-OH is 1. The van der Waals surface area contributed by atoms with Crippen LogP contribution in [0.5, 0.6) is 0 Å². The number of aliphatic hydroxyl groups is 1. The van der Waals surface area contributed by atoms with Crippen LogP contribution >= 0.6 is 12.2 Å². The van der Waals surface area contributed by atoms with Crippen LogP contribution < -0.4 is 10.6 Å². The fraction of sp³-hybridized carbons (Fsp3) is 0.462. The molecule has 1 aromatic rings. The Labute approximate surface area is 111 Å². The van der Waals surface area contributed by atoms with Crippen LogP contribution in [0, 0.1) is 5.82 Å². The van der Waals surface area contributed by atoms with Crippen molar-refractivity contribution in [2.24, 2.45) is 5.73 Å². The van der Waals surface area contributed by atoms with Crippen LogP contribution in [-0.4, -0.2) is 29.3 Å². The van der Waals surface area contributed by atoms with Crippen molar-refractivity contribution in [2.75, 3.05) is 18.1 Å². The van der Waals surface area contributed by atoms with Crippen molar-refractivity contribution >= 4 is 22.9 Å². The summed E-state index contributed by atoms with van der Waals surface area (Å²) in [6.45, 7) is 0.940. The zero-order chi connectivity index (χ0) is 13.1. The van der Waals surface area contributed by atoms with Gasteiger partial charge in [0.25, 0.3) is 0 Å². The summed E-state index contributed by atoms with van der Waals surface area (Å²) in [5, 5.41) is 9.36. The van der Waals surface area contributed by atoms with Gasteiger partial charge in [-0.1, -0.05) is 12.2 Å². The van der Waals surface area contributed by atoms with Crippen LogP contribution in [0.3, 0.4) is 0 Å². The zero-order valence-corrected chi connectivity index (χ0v) is 10.9. The predicted octanol–water partition coefficient (Wildman–Crippen LogP) is 1.81. The molecule has 3 nitrogen and oxygen atoms in total. The molecule has 0 amide bonds. The second kappa shape index (κ2) is 5.63. The lowest BCUT2D eigenvalue weighted by atomic mass is 10.0. The van der Waals surface area contributed by atoms with E-state index >= 15 is 0 Å². The van der Waals surface area contributed by atoms with Crippen molar-refractivity contribution in [1.82, 2.24) is 0 Å². The van der Waals surface area contributed by atoms with E-state index in [1.165, 1.54) is 6.07 Å². The van der Waals surface area contributed by atoms with Crippen LogP contribution in [0.15, 0.2) is 18.2 Å². The van der Waals surface area contributed by atoms with E-state index in [1.807, 2.05) is 6.07 Å². The fourth-order valence-electron chi connectivity index (χ4n) is 2.41. The quantitative estimate of drug-likeness (QED) is 0.821. The van der Waals surface area contributed by atoms with E-state index in [1.54, 1.807) is 6.07 Å². The second-order valence-corrected chi connectivity index (χ2v) is 4.99. The number of nitrogens with zero attached hydrogens (tertiary/aromatic N) is 1. The first-order valence-electron chi connectivity index (χ1n) is 6.10. The average Bonchev–Trinajstić information content (AvgIpc) is 2.38. The third-order valence-corrected chi connectivity index (χ3v) is 3.61. The highest BCUT2D eigenvalue weighted by Gasteiger charge is 2.22. The first-order chi connectivity index (χ1) is 8.63. The third kappa shape index (κ3) is 2.62. The Bertz CT molecular complexity index is 453. The molecule has 1 atom stereocenters. The van der Waals surface area contributed by atoms with Gasteiger partial charge in [0, 0.05) is 17.8 Å². The van der Waals surface area contributed by atoms with Crippen LogP contribution in [0.2, 0.25) is 0 Å². The van der Waals surface area contributed by atoms with Gasteiger partial charge < -0.3 is 15.7 Å². The molecule has 98 valence electrons. The van der Waals surface area contributed by atoms with E-state index < -0.39 is 5.82 Å². The number of halogens is 1. The minimum absolute atomic E-state index is 0.0661. The van der Waals surface area contributed by atoms with Crippen molar-refractivity contribution in [2.45, 2.75) is 25.3 Å². The number of thiocarbonyl (C=S) groups is 1. The van der Waals surface area contributed by atoms with E-state index in [-0.39, 0.29) is 23.2 Å². The molecule has 5 heteroatoms. The van der Waals surface area contributed by atoms with Crippen LogP contribution in [0.25, 0.3) is 0 Å². The molecule has 1 unspecified atom stereocenters. The minimum Gasteiger partial charge on any atom is -0.394 e. The Morgan fingerprint density at radius 3 is 2.89 bits per heavy atom. The van der Waals surface area contributed by atoms with Gasteiger partial charge >= 0.3 is 0 Å². The smallest absolute Gasteiger partial charge is 0.135 e. The first-order valence-corrected chi connectivity index (χ1v) is 6.51. The second-order valence-electron chi connectivity index (χ2n) is 4.55. The first kappa shape index (κ1) is 13.2. The number of hydrogen-bond acceptors (Lipinski definition) is 3. The lowest BCUT2D eigenvalue weighted by molar-refractivity contribution is 0.240. The summed E-state index contributed by atoms with van der Waals surface area (Å²) in [7, 11) is 0. The van der Waals surface area contributed by atoms with Gasteiger partial charge in [-0.15, -0.1) is 0 Å². The minimum atomic E-state index is -0.401. The number of benzene rings is 1. The maximum atomic E-state index is 13.8. The molecule has 0 bridgehead atoms. The topological polar surface area (TPSA) is 49.5 Å². The molecule has 1 heterocycles. The number of anilines is 1. The Balaban J connectivity index is 2.27.